The minimum absolute atomic E-state index is 0.0743. The lowest BCUT2D eigenvalue weighted by molar-refractivity contribution is -0.116. The summed E-state index contributed by atoms with van der Waals surface area (Å²) in [6.07, 6.45) is 0.471. The fraction of sp³-hybridized carbons (Fsp3) is 0.231. The molecule has 1 aliphatic carbocycles. The summed E-state index contributed by atoms with van der Waals surface area (Å²) in [5.41, 5.74) is 2.18. The van der Waals surface area contributed by atoms with Gasteiger partial charge in [-0.25, -0.2) is 0 Å². The van der Waals surface area contributed by atoms with Crippen molar-refractivity contribution in [3.05, 3.63) is 41.5 Å². The summed E-state index contributed by atoms with van der Waals surface area (Å²) in [5.74, 6) is 0.117. The highest BCUT2D eigenvalue weighted by molar-refractivity contribution is 6.30. The number of Topliss-reactive ketones (excluding diaryl/α,β-unsaturated/α-hetero) is 1. The minimum atomic E-state index is -0.0743. The van der Waals surface area contributed by atoms with Crippen molar-refractivity contribution in [2.24, 2.45) is 5.92 Å². The number of amides is 1. The van der Waals surface area contributed by atoms with E-state index in [2.05, 4.69) is 5.32 Å². The monoisotopic (exact) mass is 213 g/mol. The van der Waals surface area contributed by atoms with Gasteiger partial charge in [0.15, 0.2) is 5.78 Å². The summed E-state index contributed by atoms with van der Waals surface area (Å²) >= 11 is 0. The Hall–Kier alpha value is -1.90. The average molecular weight is 213 g/mol. The number of rotatable bonds is 1. The van der Waals surface area contributed by atoms with Gasteiger partial charge in [-0.3, -0.25) is 9.59 Å². The summed E-state index contributed by atoms with van der Waals surface area (Å²) in [6.45, 7) is 0.607. The molecule has 1 aliphatic heterocycles. The molecule has 1 fully saturated rings. The predicted molar refractivity (Wildman–Crippen MR) is 59.5 cm³/mol. The maximum atomic E-state index is 11.9. The molecule has 1 aromatic rings. The third-order valence-corrected chi connectivity index (χ3v) is 3.20. The Bertz CT molecular complexity index is 502. The van der Waals surface area contributed by atoms with Crippen LogP contribution in [0.4, 0.5) is 0 Å². The number of ketones is 1. The molecule has 1 heterocycles. The summed E-state index contributed by atoms with van der Waals surface area (Å²) < 4.78 is 0. The van der Waals surface area contributed by atoms with Gasteiger partial charge in [-0.05, 0) is 5.56 Å². The SMILES string of the molecule is O=C1CC2CNC(=O)C2=C1c1ccccc1. The van der Waals surface area contributed by atoms with Gasteiger partial charge in [0.25, 0.3) is 0 Å². The molecule has 0 aromatic heterocycles. The van der Waals surface area contributed by atoms with Crippen LogP contribution in [-0.4, -0.2) is 18.2 Å². The van der Waals surface area contributed by atoms with Crippen LogP contribution in [0.1, 0.15) is 12.0 Å². The lowest BCUT2D eigenvalue weighted by Crippen LogP contribution is -2.17. The van der Waals surface area contributed by atoms with Gasteiger partial charge in [-0.15, -0.1) is 0 Å². The van der Waals surface area contributed by atoms with Crippen LogP contribution >= 0.6 is 0 Å². The molecule has 1 atom stereocenters. The number of allylic oxidation sites excluding steroid dienone is 1. The summed E-state index contributed by atoms with van der Waals surface area (Å²) in [4.78, 5) is 23.6. The van der Waals surface area contributed by atoms with E-state index >= 15 is 0 Å². The molecule has 1 saturated heterocycles. The van der Waals surface area contributed by atoms with Crippen LogP contribution in [-0.2, 0) is 9.59 Å². The molecule has 3 nitrogen and oxygen atoms in total. The number of hydrogen-bond acceptors (Lipinski definition) is 2. The number of carbonyl (C=O) groups excluding carboxylic acids is 2. The summed E-state index contributed by atoms with van der Waals surface area (Å²) in [5, 5.41) is 2.79. The fourth-order valence-corrected chi connectivity index (χ4v) is 2.49. The Labute approximate surface area is 93.2 Å². The standard InChI is InChI=1S/C13H11NO2/c15-10-6-9-7-14-13(16)12(9)11(10)8-4-2-1-3-5-8/h1-5,9H,6-7H2,(H,14,16). The fourth-order valence-electron chi connectivity index (χ4n) is 2.49. The quantitative estimate of drug-likeness (QED) is 0.760. The van der Waals surface area contributed by atoms with Crippen molar-refractivity contribution in [3.8, 4) is 0 Å². The Morgan fingerprint density at radius 3 is 2.62 bits per heavy atom. The van der Waals surface area contributed by atoms with Crippen molar-refractivity contribution >= 4 is 17.3 Å². The van der Waals surface area contributed by atoms with Crippen LogP contribution in [0.25, 0.3) is 5.57 Å². The molecule has 2 aliphatic rings. The van der Waals surface area contributed by atoms with E-state index < -0.39 is 0 Å². The second kappa shape index (κ2) is 3.30. The topological polar surface area (TPSA) is 46.2 Å². The van der Waals surface area contributed by atoms with Crippen LogP contribution < -0.4 is 5.32 Å². The zero-order valence-electron chi connectivity index (χ0n) is 8.69. The Morgan fingerprint density at radius 2 is 1.88 bits per heavy atom. The third kappa shape index (κ3) is 1.21. The van der Waals surface area contributed by atoms with Crippen molar-refractivity contribution < 1.29 is 9.59 Å². The largest absolute Gasteiger partial charge is 0.352 e. The molecule has 0 saturated carbocycles. The molecule has 0 bridgehead atoms. The van der Waals surface area contributed by atoms with Crippen molar-refractivity contribution in [1.29, 1.82) is 0 Å². The van der Waals surface area contributed by atoms with E-state index in [1.807, 2.05) is 30.3 Å². The van der Waals surface area contributed by atoms with Crippen LogP contribution in [0.2, 0.25) is 0 Å². The molecule has 1 unspecified atom stereocenters. The van der Waals surface area contributed by atoms with E-state index in [1.54, 1.807) is 0 Å². The van der Waals surface area contributed by atoms with Gasteiger partial charge < -0.3 is 5.32 Å². The van der Waals surface area contributed by atoms with Crippen LogP contribution in [0, 0.1) is 5.92 Å². The van der Waals surface area contributed by atoms with Gasteiger partial charge in [0.2, 0.25) is 5.91 Å². The highest BCUT2D eigenvalue weighted by atomic mass is 16.2. The normalized spacial score (nSPS) is 23.6. The molecule has 3 heteroatoms. The van der Waals surface area contributed by atoms with E-state index in [4.69, 9.17) is 0 Å². The number of fused-ring (bicyclic) bond motifs is 1. The van der Waals surface area contributed by atoms with E-state index in [0.29, 0.717) is 24.1 Å². The molecular formula is C13H11NO2. The first-order valence-electron chi connectivity index (χ1n) is 5.38. The van der Waals surface area contributed by atoms with Gasteiger partial charge in [0.1, 0.15) is 0 Å². The number of carbonyl (C=O) groups is 2. The smallest absolute Gasteiger partial charge is 0.248 e. The first-order chi connectivity index (χ1) is 7.77. The molecule has 1 aromatic carbocycles. The van der Waals surface area contributed by atoms with E-state index in [9.17, 15) is 9.59 Å². The third-order valence-electron chi connectivity index (χ3n) is 3.20. The number of benzene rings is 1. The first kappa shape index (κ1) is 9.33. The lowest BCUT2D eigenvalue weighted by atomic mass is 10.00. The Balaban J connectivity index is 2.18. The van der Waals surface area contributed by atoms with E-state index in [-0.39, 0.29) is 17.6 Å². The molecule has 1 N–H and O–H groups in total. The molecule has 0 radical (unpaired) electrons. The van der Waals surface area contributed by atoms with Crippen LogP contribution in [0.3, 0.4) is 0 Å². The lowest BCUT2D eigenvalue weighted by Gasteiger charge is -2.02. The van der Waals surface area contributed by atoms with Crippen LogP contribution in [0.5, 0.6) is 0 Å². The average Bonchev–Trinajstić information content (AvgIpc) is 2.80. The van der Waals surface area contributed by atoms with Gasteiger partial charge >= 0.3 is 0 Å². The predicted octanol–water partition coefficient (Wildman–Crippen LogP) is 1.16. The Kier molecular flexibility index (Phi) is 1.93. The van der Waals surface area contributed by atoms with Crippen molar-refractivity contribution in [1.82, 2.24) is 5.32 Å². The van der Waals surface area contributed by atoms with Gasteiger partial charge in [-0.2, -0.15) is 0 Å². The van der Waals surface area contributed by atoms with Crippen LogP contribution in [0.15, 0.2) is 35.9 Å². The highest BCUT2D eigenvalue weighted by Crippen LogP contribution is 2.37. The van der Waals surface area contributed by atoms with E-state index in [0.717, 1.165) is 5.56 Å². The second-order valence-electron chi connectivity index (χ2n) is 4.19. The molecule has 16 heavy (non-hydrogen) atoms. The zero-order valence-corrected chi connectivity index (χ0v) is 8.69. The number of hydrogen-bond donors (Lipinski definition) is 1. The molecule has 1 amide bonds. The second-order valence-corrected chi connectivity index (χ2v) is 4.19. The van der Waals surface area contributed by atoms with Gasteiger partial charge in [0, 0.05) is 30.0 Å². The van der Waals surface area contributed by atoms with Gasteiger partial charge in [-0.1, -0.05) is 30.3 Å². The minimum Gasteiger partial charge on any atom is -0.352 e. The van der Waals surface area contributed by atoms with Gasteiger partial charge in [0.05, 0.1) is 0 Å². The highest BCUT2D eigenvalue weighted by Gasteiger charge is 2.40. The van der Waals surface area contributed by atoms with Crippen molar-refractivity contribution in [3.63, 3.8) is 0 Å². The maximum absolute atomic E-state index is 11.9. The van der Waals surface area contributed by atoms with Crippen molar-refractivity contribution in [2.75, 3.05) is 6.54 Å². The molecule has 3 rings (SSSR count). The molecule has 0 spiro atoms. The Morgan fingerprint density at radius 1 is 1.12 bits per heavy atom. The zero-order chi connectivity index (χ0) is 11.1. The molecule has 80 valence electrons. The number of nitrogens with one attached hydrogen (secondary N) is 1. The maximum Gasteiger partial charge on any atom is 0.248 e. The summed E-state index contributed by atoms with van der Waals surface area (Å²) in [7, 11) is 0. The van der Waals surface area contributed by atoms with E-state index in [1.165, 1.54) is 0 Å². The van der Waals surface area contributed by atoms with Crippen molar-refractivity contribution in [2.45, 2.75) is 6.42 Å². The molecular weight excluding hydrogens is 202 g/mol. The summed E-state index contributed by atoms with van der Waals surface area (Å²) in [6, 6.07) is 9.44. The first-order valence-corrected chi connectivity index (χ1v) is 5.38.